The number of benzene rings is 1. The second-order valence-electron chi connectivity index (χ2n) is 7.52. The zero-order chi connectivity index (χ0) is 23.8. The summed E-state index contributed by atoms with van der Waals surface area (Å²) in [6, 6.07) is 1.77. The van der Waals surface area contributed by atoms with Crippen LogP contribution in [0.3, 0.4) is 0 Å². The van der Waals surface area contributed by atoms with Crippen LogP contribution in [0, 0.1) is 18.2 Å². The molecule has 0 bridgehead atoms. The van der Waals surface area contributed by atoms with E-state index >= 15 is 0 Å². The lowest BCUT2D eigenvalue weighted by molar-refractivity contribution is -0.144. The van der Waals surface area contributed by atoms with Gasteiger partial charge < -0.3 is 9.64 Å². The number of carbonyl (C=O) groups excluding carboxylic acids is 1. The quantitative estimate of drug-likeness (QED) is 0.387. The van der Waals surface area contributed by atoms with Crippen LogP contribution in [-0.4, -0.2) is 41.7 Å². The van der Waals surface area contributed by atoms with E-state index in [1.807, 2.05) is 5.92 Å². The standard InChI is InChI=1S/C19H11B2F4N3O4/c1-3-18(20,21)28-11-7-10(9(22)6-12(11)32-17(4-5-17)15(28)30)27-14(29)8-13(19(23,24)25)26(2)16(27)31/h1,6-8H,4-5H2,2H3. The number of nitrogens with zero attached hydrogens (tertiary/aromatic N) is 3. The van der Waals surface area contributed by atoms with Crippen molar-refractivity contribution in [3.8, 4) is 23.8 Å². The number of rotatable bonds is 2. The molecule has 1 fully saturated rings. The number of anilines is 1. The maximum absolute atomic E-state index is 14.9. The number of alkyl halides is 3. The largest absolute Gasteiger partial charge is 0.475 e. The zero-order valence-electron chi connectivity index (χ0n) is 16.4. The molecule has 1 aromatic carbocycles. The Balaban J connectivity index is 1.99. The second-order valence-corrected chi connectivity index (χ2v) is 7.52. The zero-order valence-corrected chi connectivity index (χ0v) is 16.4. The molecular formula is C19H11B2F4N3O4. The summed E-state index contributed by atoms with van der Waals surface area (Å²) in [7, 11) is 12.5. The van der Waals surface area contributed by atoms with E-state index in [2.05, 4.69) is 0 Å². The summed E-state index contributed by atoms with van der Waals surface area (Å²) < 4.78 is 60.2. The summed E-state index contributed by atoms with van der Waals surface area (Å²) >= 11 is 0. The van der Waals surface area contributed by atoms with Crippen LogP contribution >= 0.6 is 0 Å². The SMILES string of the molecule is [B]C([B])(C#C)N1C(=O)C2(CC2)Oc2cc(F)c(-n3c(=O)cc(C(F)(F)F)n(C)c3=O)cc21. The molecule has 0 unspecified atom stereocenters. The Kier molecular flexibility index (Phi) is 4.46. The van der Waals surface area contributed by atoms with Crippen molar-refractivity contribution >= 4 is 27.3 Å². The molecule has 0 saturated heterocycles. The van der Waals surface area contributed by atoms with Gasteiger partial charge in [-0.25, -0.2) is 13.8 Å². The van der Waals surface area contributed by atoms with E-state index in [4.69, 9.17) is 26.9 Å². The number of hydrogen-bond donors (Lipinski definition) is 0. The summed E-state index contributed by atoms with van der Waals surface area (Å²) in [6.45, 7) is 0. The molecule has 7 nitrogen and oxygen atoms in total. The molecule has 0 N–H and O–H groups in total. The van der Waals surface area contributed by atoms with E-state index in [0.717, 1.165) is 24.1 Å². The van der Waals surface area contributed by atoms with Gasteiger partial charge in [0, 0.05) is 37.4 Å². The fraction of sp³-hybridized carbons (Fsp3) is 0.316. The molecule has 2 aromatic rings. The Hall–Kier alpha value is -3.42. The number of hydrogen-bond acceptors (Lipinski definition) is 4. The van der Waals surface area contributed by atoms with Crippen molar-refractivity contribution < 1.29 is 27.1 Å². The van der Waals surface area contributed by atoms with Crippen molar-refractivity contribution in [2.24, 2.45) is 7.05 Å². The lowest BCUT2D eigenvalue weighted by Gasteiger charge is -2.43. The van der Waals surface area contributed by atoms with Crippen molar-refractivity contribution in [2.45, 2.75) is 30.0 Å². The Morgan fingerprint density at radius 3 is 2.28 bits per heavy atom. The second kappa shape index (κ2) is 6.54. The first kappa shape index (κ1) is 21.8. The van der Waals surface area contributed by atoms with E-state index in [1.54, 1.807) is 0 Å². The van der Waals surface area contributed by atoms with Gasteiger partial charge in [0.1, 0.15) is 27.1 Å². The number of halogens is 4. The Morgan fingerprint density at radius 1 is 1.12 bits per heavy atom. The van der Waals surface area contributed by atoms with Gasteiger partial charge in [0.25, 0.3) is 11.5 Å². The first-order valence-corrected chi connectivity index (χ1v) is 9.07. The van der Waals surface area contributed by atoms with Gasteiger partial charge in [0.05, 0.1) is 11.4 Å². The maximum Gasteiger partial charge on any atom is 0.431 e. The number of amides is 1. The van der Waals surface area contributed by atoms with Crippen molar-refractivity contribution in [1.82, 2.24) is 9.13 Å². The molecular weight excluding hydrogens is 432 g/mol. The van der Waals surface area contributed by atoms with Crippen molar-refractivity contribution in [3.63, 3.8) is 0 Å². The third-order valence-corrected chi connectivity index (χ3v) is 5.32. The average Bonchev–Trinajstić information content (AvgIpc) is 3.46. The van der Waals surface area contributed by atoms with Gasteiger partial charge in [-0.3, -0.25) is 14.2 Å². The Morgan fingerprint density at radius 2 is 1.75 bits per heavy atom. The fourth-order valence-corrected chi connectivity index (χ4v) is 3.51. The summed E-state index contributed by atoms with van der Waals surface area (Å²) in [5.41, 5.74) is -6.75. The van der Waals surface area contributed by atoms with Crippen LogP contribution in [0.4, 0.5) is 23.2 Å². The molecule has 1 aliphatic heterocycles. The maximum atomic E-state index is 14.9. The van der Waals surface area contributed by atoms with Crippen LogP contribution < -0.4 is 20.9 Å². The van der Waals surface area contributed by atoms with E-state index in [0.29, 0.717) is 12.8 Å². The van der Waals surface area contributed by atoms with Crippen molar-refractivity contribution in [1.29, 1.82) is 0 Å². The van der Waals surface area contributed by atoms with Gasteiger partial charge in [-0.1, -0.05) is 5.92 Å². The lowest BCUT2D eigenvalue weighted by atomic mass is 9.61. The molecule has 2 heterocycles. The highest BCUT2D eigenvalue weighted by molar-refractivity contribution is 6.46. The molecule has 2 aliphatic rings. The van der Waals surface area contributed by atoms with Crippen LogP contribution in [-0.2, 0) is 18.0 Å². The molecule has 13 heteroatoms. The number of aromatic nitrogens is 2. The molecule has 1 aliphatic carbocycles. The number of terminal acetylenes is 1. The molecule has 160 valence electrons. The summed E-state index contributed by atoms with van der Waals surface area (Å²) in [5.74, 6) is -0.0379. The smallest absolute Gasteiger partial charge is 0.431 e. The monoisotopic (exact) mass is 443 g/mol. The van der Waals surface area contributed by atoms with Gasteiger partial charge in [0.15, 0.2) is 11.4 Å². The number of fused-ring (bicyclic) bond motifs is 1. The molecule has 4 rings (SSSR count). The van der Waals surface area contributed by atoms with Gasteiger partial charge in [-0.2, -0.15) is 13.2 Å². The first-order chi connectivity index (χ1) is 14.7. The third-order valence-electron chi connectivity index (χ3n) is 5.32. The van der Waals surface area contributed by atoms with E-state index in [-0.39, 0.29) is 26.6 Å². The molecule has 1 amide bonds. The van der Waals surface area contributed by atoms with E-state index in [9.17, 15) is 31.9 Å². The minimum Gasteiger partial charge on any atom is -0.475 e. The third kappa shape index (κ3) is 3.04. The van der Waals surface area contributed by atoms with Gasteiger partial charge in [-0.15, -0.1) is 6.42 Å². The van der Waals surface area contributed by atoms with Crippen LogP contribution in [0.25, 0.3) is 5.69 Å². The first-order valence-electron chi connectivity index (χ1n) is 9.07. The van der Waals surface area contributed by atoms with Gasteiger partial charge in [-0.05, 0) is 6.07 Å². The normalized spacial score (nSPS) is 17.0. The topological polar surface area (TPSA) is 73.5 Å². The summed E-state index contributed by atoms with van der Waals surface area (Å²) in [6.07, 6.45) is 0.941. The fourth-order valence-electron chi connectivity index (χ4n) is 3.51. The predicted molar refractivity (Wildman–Crippen MR) is 105 cm³/mol. The van der Waals surface area contributed by atoms with Crippen LogP contribution in [0.15, 0.2) is 27.8 Å². The highest BCUT2D eigenvalue weighted by Crippen LogP contribution is 2.51. The number of carbonyl (C=O) groups is 1. The summed E-state index contributed by atoms with van der Waals surface area (Å²) in [5, 5.41) is -2.18. The highest BCUT2D eigenvalue weighted by Gasteiger charge is 2.59. The Labute approximate surface area is 180 Å². The van der Waals surface area contributed by atoms with Crippen LogP contribution in [0.2, 0.25) is 0 Å². The van der Waals surface area contributed by atoms with Crippen molar-refractivity contribution in [2.75, 3.05) is 4.90 Å². The van der Waals surface area contributed by atoms with Gasteiger partial charge in [0.2, 0.25) is 0 Å². The average molecular weight is 443 g/mol. The van der Waals surface area contributed by atoms with Crippen LogP contribution in [0.5, 0.6) is 5.75 Å². The molecule has 32 heavy (non-hydrogen) atoms. The number of ether oxygens (including phenoxy) is 1. The highest BCUT2D eigenvalue weighted by atomic mass is 19.4. The minimum atomic E-state index is -5.00. The van der Waals surface area contributed by atoms with Crippen LogP contribution in [0.1, 0.15) is 18.5 Å². The molecule has 1 saturated carbocycles. The lowest BCUT2D eigenvalue weighted by Crippen LogP contribution is -2.59. The van der Waals surface area contributed by atoms with Crippen molar-refractivity contribution in [3.05, 3.63) is 50.5 Å². The van der Waals surface area contributed by atoms with E-state index in [1.165, 1.54) is 0 Å². The summed E-state index contributed by atoms with van der Waals surface area (Å²) in [4.78, 5) is 38.7. The molecule has 0 atom stereocenters. The Bertz CT molecular complexity index is 1340. The molecule has 4 radical (unpaired) electrons. The molecule has 1 spiro atoms. The van der Waals surface area contributed by atoms with Gasteiger partial charge >= 0.3 is 11.9 Å². The minimum absolute atomic E-state index is 0.149. The predicted octanol–water partition coefficient (Wildman–Crippen LogP) is 0.576. The molecule has 1 aromatic heterocycles. The van der Waals surface area contributed by atoms with E-state index < -0.39 is 51.5 Å².